The summed E-state index contributed by atoms with van der Waals surface area (Å²) in [6.45, 7) is 0. The number of nitrogens with two attached hydrogens (primary N) is 1. The van der Waals surface area contributed by atoms with Gasteiger partial charge in [0.15, 0.2) is 0 Å². The molecule has 0 bridgehead atoms. The lowest BCUT2D eigenvalue weighted by molar-refractivity contribution is 0.302. The molecule has 1 fully saturated rings. The first-order valence-corrected chi connectivity index (χ1v) is 7.40. The number of benzene rings is 1. The van der Waals surface area contributed by atoms with Gasteiger partial charge in [0.1, 0.15) is 5.15 Å². The number of aromatic nitrogens is 1. The van der Waals surface area contributed by atoms with Crippen molar-refractivity contribution < 1.29 is 0 Å². The number of pyridine rings is 1. The maximum atomic E-state index is 6.57. The minimum absolute atomic E-state index is 0.289. The standard InChI is InChI=1S/C15H16Cl2N2/c16-13-7-4-10-12(19-13)6-5-11(14(10)17)15(18)8-2-1-3-9-15/h4-7H,1-3,8-9,18H2. The molecule has 2 nitrogen and oxygen atoms in total. The molecular weight excluding hydrogens is 279 g/mol. The van der Waals surface area contributed by atoms with Crippen LogP contribution in [0, 0.1) is 0 Å². The summed E-state index contributed by atoms with van der Waals surface area (Å²) in [6.07, 6.45) is 5.60. The smallest absolute Gasteiger partial charge is 0.129 e. The minimum Gasteiger partial charge on any atom is -0.321 e. The maximum Gasteiger partial charge on any atom is 0.129 e. The van der Waals surface area contributed by atoms with E-state index in [1.165, 1.54) is 19.3 Å². The van der Waals surface area contributed by atoms with Gasteiger partial charge in [-0.1, -0.05) is 48.5 Å². The predicted octanol–water partition coefficient (Wildman–Crippen LogP) is 4.66. The SMILES string of the molecule is NC1(c2ccc3nc(Cl)ccc3c2Cl)CCCCC1. The second kappa shape index (κ2) is 4.93. The summed E-state index contributed by atoms with van der Waals surface area (Å²) in [7, 11) is 0. The molecule has 0 amide bonds. The predicted molar refractivity (Wildman–Crippen MR) is 80.7 cm³/mol. The third-order valence-electron chi connectivity index (χ3n) is 4.05. The van der Waals surface area contributed by atoms with Gasteiger partial charge in [-0.05, 0) is 36.6 Å². The average Bonchev–Trinajstić information content (AvgIpc) is 2.39. The molecule has 1 saturated carbocycles. The summed E-state index contributed by atoms with van der Waals surface area (Å²) in [4.78, 5) is 4.29. The van der Waals surface area contributed by atoms with E-state index in [2.05, 4.69) is 4.98 Å². The van der Waals surface area contributed by atoms with Gasteiger partial charge in [0, 0.05) is 10.9 Å². The number of halogens is 2. The Balaban J connectivity index is 2.14. The van der Waals surface area contributed by atoms with Crippen molar-refractivity contribution in [2.75, 3.05) is 0 Å². The Hall–Kier alpha value is -0.830. The van der Waals surface area contributed by atoms with E-state index in [0.29, 0.717) is 5.15 Å². The van der Waals surface area contributed by atoms with Gasteiger partial charge in [0.05, 0.1) is 10.5 Å². The number of nitrogens with zero attached hydrogens (tertiary/aromatic N) is 1. The molecule has 1 aromatic carbocycles. The van der Waals surface area contributed by atoms with Gasteiger partial charge in [0.25, 0.3) is 0 Å². The molecule has 1 heterocycles. The van der Waals surface area contributed by atoms with Gasteiger partial charge < -0.3 is 5.73 Å². The molecule has 0 radical (unpaired) electrons. The van der Waals surface area contributed by atoms with Crippen LogP contribution in [0.5, 0.6) is 0 Å². The van der Waals surface area contributed by atoms with Crippen molar-refractivity contribution in [3.63, 3.8) is 0 Å². The third-order valence-corrected chi connectivity index (χ3v) is 4.67. The Labute approximate surface area is 122 Å². The summed E-state index contributed by atoms with van der Waals surface area (Å²) in [5, 5.41) is 2.14. The largest absolute Gasteiger partial charge is 0.321 e. The normalized spacial score (nSPS) is 18.7. The van der Waals surface area contributed by atoms with Crippen molar-refractivity contribution in [1.82, 2.24) is 4.98 Å². The Morgan fingerprint density at radius 1 is 1.00 bits per heavy atom. The molecule has 0 spiro atoms. The number of rotatable bonds is 1. The van der Waals surface area contributed by atoms with Crippen LogP contribution in [-0.4, -0.2) is 4.98 Å². The van der Waals surface area contributed by atoms with Crippen molar-refractivity contribution >= 4 is 34.1 Å². The lowest BCUT2D eigenvalue weighted by atomic mass is 9.77. The minimum atomic E-state index is -0.289. The zero-order valence-electron chi connectivity index (χ0n) is 10.6. The van der Waals surface area contributed by atoms with Crippen molar-refractivity contribution in [1.29, 1.82) is 0 Å². The molecule has 100 valence electrons. The van der Waals surface area contributed by atoms with E-state index in [1.807, 2.05) is 18.2 Å². The van der Waals surface area contributed by atoms with Crippen LogP contribution in [-0.2, 0) is 5.54 Å². The quantitative estimate of drug-likeness (QED) is 0.777. The van der Waals surface area contributed by atoms with Crippen LogP contribution in [0.1, 0.15) is 37.7 Å². The second-order valence-corrected chi connectivity index (χ2v) is 6.11. The molecule has 0 atom stereocenters. The number of hydrogen-bond acceptors (Lipinski definition) is 2. The number of fused-ring (bicyclic) bond motifs is 1. The fourth-order valence-corrected chi connectivity index (χ4v) is 3.54. The first kappa shape index (κ1) is 13.2. The van der Waals surface area contributed by atoms with Crippen LogP contribution < -0.4 is 5.73 Å². The van der Waals surface area contributed by atoms with E-state index in [4.69, 9.17) is 28.9 Å². The molecule has 19 heavy (non-hydrogen) atoms. The van der Waals surface area contributed by atoms with Gasteiger partial charge in [0.2, 0.25) is 0 Å². The molecule has 1 aliphatic carbocycles. The Morgan fingerprint density at radius 2 is 1.74 bits per heavy atom. The Bertz CT molecular complexity index is 619. The highest BCUT2D eigenvalue weighted by Gasteiger charge is 2.31. The Morgan fingerprint density at radius 3 is 2.47 bits per heavy atom. The fourth-order valence-electron chi connectivity index (χ4n) is 2.98. The van der Waals surface area contributed by atoms with E-state index < -0.39 is 0 Å². The van der Waals surface area contributed by atoms with E-state index in [0.717, 1.165) is 34.3 Å². The van der Waals surface area contributed by atoms with Crippen molar-refractivity contribution in [3.8, 4) is 0 Å². The van der Waals surface area contributed by atoms with Gasteiger partial charge in [-0.3, -0.25) is 0 Å². The van der Waals surface area contributed by atoms with Gasteiger partial charge in [-0.15, -0.1) is 0 Å². The van der Waals surface area contributed by atoms with E-state index in [1.54, 1.807) is 6.07 Å². The molecule has 2 N–H and O–H groups in total. The van der Waals surface area contributed by atoms with Crippen LogP contribution in [0.3, 0.4) is 0 Å². The summed E-state index contributed by atoms with van der Waals surface area (Å²) in [5.41, 5.74) is 8.15. The molecule has 1 aromatic heterocycles. The van der Waals surface area contributed by atoms with E-state index in [9.17, 15) is 0 Å². The highest BCUT2D eigenvalue weighted by molar-refractivity contribution is 6.36. The van der Waals surface area contributed by atoms with Crippen LogP contribution >= 0.6 is 23.2 Å². The van der Waals surface area contributed by atoms with Gasteiger partial charge >= 0.3 is 0 Å². The highest BCUT2D eigenvalue weighted by atomic mass is 35.5. The number of hydrogen-bond donors (Lipinski definition) is 1. The van der Waals surface area contributed by atoms with Crippen LogP contribution in [0.2, 0.25) is 10.2 Å². The average molecular weight is 295 g/mol. The third kappa shape index (κ3) is 2.33. The van der Waals surface area contributed by atoms with Crippen molar-refractivity contribution in [2.24, 2.45) is 5.73 Å². The van der Waals surface area contributed by atoms with Crippen LogP contribution in [0.25, 0.3) is 10.9 Å². The second-order valence-electron chi connectivity index (χ2n) is 5.34. The van der Waals surface area contributed by atoms with Gasteiger partial charge in [-0.25, -0.2) is 4.98 Å². The molecule has 0 aliphatic heterocycles. The summed E-state index contributed by atoms with van der Waals surface area (Å²) >= 11 is 12.5. The lowest BCUT2D eigenvalue weighted by Gasteiger charge is -2.34. The van der Waals surface area contributed by atoms with Crippen LogP contribution in [0.4, 0.5) is 0 Å². The lowest BCUT2D eigenvalue weighted by Crippen LogP contribution is -2.38. The first-order chi connectivity index (χ1) is 9.10. The summed E-state index contributed by atoms with van der Waals surface area (Å²) < 4.78 is 0. The zero-order valence-corrected chi connectivity index (χ0v) is 12.1. The monoisotopic (exact) mass is 294 g/mol. The highest BCUT2D eigenvalue weighted by Crippen LogP contribution is 2.40. The van der Waals surface area contributed by atoms with Crippen molar-refractivity contribution in [2.45, 2.75) is 37.6 Å². The van der Waals surface area contributed by atoms with Crippen molar-refractivity contribution in [3.05, 3.63) is 40.0 Å². The van der Waals surface area contributed by atoms with E-state index in [-0.39, 0.29) is 5.54 Å². The molecule has 1 aliphatic rings. The van der Waals surface area contributed by atoms with Gasteiger partial charge in [-0.2, -0.15) is 0 Å². The molecule has 2 aromatic rings. The summed E-state index contributed by atoms with van der Waals surface area (Å²) in [6, 6.07) is 7.66. The molecule has 4 heteroatoms. The van der Waals surface area contributed by atoms with Crippen LogP contribution in [0.15, 0.2) is 24.3 Å². The van der Waals surface area contributed by atoms with E-state index >= 15 is 0 Å². The molecule has 0 saturated heterocycles. The maximum absolute atomic E-state index is 6.57. The Kier molecular flexibility index (Phi) is 3.42. The first-order valence-electron chi connectivity index (χ1n) is 6.64. The molecule has 3 rings (SSSR count). The molecular formula is C15H16Cl2N2. The fraction of sp³-hybridized carbons (Fsp3) is 0.400. The molecule has 0 unspecified atom stereocenters. The summed E-state index contributed by atoms with van der Waals surface area (Å²) in [5.74, 6) is 0. The topological polar surface area (TPSA) is 38.9 Å². The zero-order chi connectivity index (χ0) is 13.5.